The SMILES string of the molecule is CNC(=O)N(C)c1ncnnc1NC. The molecule has 0 saturated carbocycles. The van der Waals surface area contributed by atoms with Gasteiger partial charge in [0.1, 0.15) is 6.33 Å². The van der Waals surface area contributed by atoms with Crippen molar-refractivity contribution < 1.29 is 4.79 Å². The van der Waals surface area contributed by atoms with Gasteiger partial charge in [0, 0.05) is 21.1 Å². The van der Waals surface area contributed by atoms with Crippen LogP contribution in [0.5, 0.6) is 0 Å². The molecule has 0 aromatic carbocycles. The summed E-state index contributed by atoms with van der Waals surface area (Å²) >= 11 is 0. The average Bonchev–Trinajstić information content (AvgIpc) is 2.26. The first-order valence-electron chi connectivity index (χ1n) is 4.01. The third kappa shape index (κ3) is 1.87. The highest BCUT2D eigenvalue weighted by Gasteiger charge is 2.14. The molecule has 0 aliphatic heterocycles. The minimum Gasteiger partial charge on any atom is -0.369 e. The van der Waals surface area contributed by atoms with E-state index in [1.54, 1.807) is 21.1 Å². The Morgan fingerprint density at radius 1 is 1.50 bits per heavy atom. The fraction of sp³-hybridized carbons (Fsp3) is 0.429. The summed E-state index contributed by atoms with van der Waals surface area (Å²) in [6.45, 7) is 0. The fourth-order valence-electron chi connectivity index (χ4n) is 0.941. The maximum Gasteiger partial charge on any atom is 0.322 e. The molecule has 0 unspecified atom stereocenters. The molecule has 0 saturated heterocycles. The third-order valence-electron chi connectivity index (χ3n) is 1.67. The quantitative estimate of drug-likeness (QED) is 0.677. The summed E-state index contributed by atoms with van der Waals surface area (Å²) < 4.78 is 0. The van der Waals surface area contributed by atoms with Crippen molar-refractivity contribution >= 4 is 17.7 Å². The van der Waals surface area contributed by atoms with Crippen LogP contribution in [0.1, 0.15) is 0 Å². The van der Waals surface area contributed by atoms with Crippen molar-refractivity contribution in [1.29, 1.82) is 0 Å². The Balaban J connectivity index is 2.99. The van der Waals surface area contributed by atoms with Gasteiger partial charge in [-0.25, -0.2) is 9.78 Å². The van der Waals surface area contributed by atoms with Gasteiger partial charge in [0.25, 0.3) is 0 Å². The number of aromatic nitrogens is 3. The van der Waals surface area contributed by atoms with E-state index in [1.807, 2.05) is 0 Å². The summed E-state index contributed by atoms with van der Waals surface area (Å²) in [5.74, 6) is 0.889. The Morgan fingerprint density at radius 3 is 2.79 bits per heavy atom. The molecule has 0 spiro atoms. The normalized spacial score (nSPS) is 9.36. The minimum absolute atomic E-state index is 0.262. The number of hydrogen-bond acceptors (Lipinski definition) is 5. The Bertz CT molecular complexity index is 328. The highest BCUT2D eigenvalue weighted by Crippen LogP contribution is 2.16. The second-order valence-electron chi connectivity index (χ2n) is 2.50. The molecule has 0 bridgehead atoms. The second-order valence-corrected chi connectivity index (χ2v) is 2.50. The van der Waals surface area contributed by atoms with E-state index in [0.717, 1.165) is 0 Å². The summed E-state index contributed by atoms with van der Waals surface area (Å²) in [6, 6.07) is -0.262. The first-order valence-corrected chi connectivity index (χ1v) is 4.01. The predicted molar refractivity (Wildman–Crippen MR) is 52.2 cm³/mol. The van der Waals surface area contributed by atoms with Crippen molar-refractivity contribution in [3.05, 3.63) is 6.33 Å². The van der Waals surface area contributed by atoms with Gasteiger partial charge in [-0.05, 0) is 0 Å². The van der Waals surface area contributed by atoms with Crippen LogP contribution in [0, 0.1) is 0 Å². The van der Waals surface area contributed by atoms with Gasteiger partial charge in [-0.3, -0.25) is 4.90 Å². The van der Waals surface area contributed by atoms with Crippen LogP contribution in [-0.4, -0.2) is 42.4 Å². The molecule has 0 fully saturated rings. The number of hydrogen-bond donors (Lipinski definition) is 2. The molecule has 2 N–H and O–H groups in total. The van der Waals surface area contributed by atoms with Crippen molar-refractivity contribution in [3.63, 3.8) is 0 Å². The maximum atomic E-state index is 11.3. The molecule has 0 radical (unpaired) electrons. The lowest BCUT2D eigenvalue weighted by Gasteiger charge is -2.16. The van der Waals surface area contributed by atoms with Gasteiger partial charge < -0.3 is 10.6 Å². The molecule has 1 aromatic heterocycles. The maximum absolute atomic E-state index is 11.3. The molecule has 7 nitrogen and oxygen atoms in total. The van der Waals surface area contributed by atoms with E-state index >= 15 is 0 Å². The predicted octanol–water partition coefficient (Wildman–Crippen LogP) is -0.311. The molecule has 14 heavy (non-hydrogen) atoms. The minimum atomic E-state index is -0.262. The summed E-state index contributed by atoms with van der Waals surface area (Å²) in [5.41, 5.74) is 0. The Hall–Kier alpha value is -1.92. The summed E-state index contributed by atoms with van der Waals surface area (Å²) in [7, 11) is 4.84. The summed E-state index contributed by atoms with van der Waals surface area (Å²) in [5, 5.41) is 12.7. The van der Waals surface area contributed by atoms with Crippen LogP contribution in [0.4, 0.5) is 16.4 Å². The number of rotatable bonds is 2. The van der Waals surface area contributed by atoms with Gasteiger partial charge in [-0.2, -0.15) is 0 Å². The van der Waals surface area contributed by atoms with E-state index in [2.05, 4.69) is 25.8 Å². The van der Waals surface area contributed by atoms with Crippen LogP contribution < -0.4 is 15.5 Å². The van der Waals surface area contributed by atoms with Crippen LogP contribution in [0.2, 0.25) is 0 Å². The number of carbonyl (C=O) groups excluding carboxylic acids is 1. The van der Waals surface area contributed by atoms with Crippen molar-refractivity contribution in [3.8, 4) is 0 Å². The first-order chi connectivity index (χ1) is 6.70. The van der Waals surface area contributed by atoms with Crippen LogP contribution >= 0.6 is 0 Å². The number of nitrogens with one attached hydrogen (secondary N) is 2. The lowest BCUT2D eigenvalue weighted by molar-refractivity contribution is 0.249. The van der Waals surface area contributed by atoms with Crippen LogP contribution in [0.25, 0.3) is 0 Å². The molecule has 1 heterocycles. The molecule has 7 heteroatoms. The molecule has 1 aromatic rings. The van der Waals surface area contributed by atoms with Gasteiger partial charge in [-0.15, -0.1) is 10.2 Å². The molecule has 0 aliphatic rings. The van der Waals surface area contributed by atoms with Crippen molar-refractivity contribution in [2.24, 2.45) is 0 Å². The molecule has 0 atom stereocenters. The molecule has 76 valence electrons. The van der Waals surface area contributed by atoms with Gasteiger partial charge in [0.2, 0.25) is 0 Å². The summed E-state index contributed by atoms with van der Waals surface area (Å²) in [6.07, 6.45) is 1.29. The van der Waals surface area contributed by atoms with Crippen molar-refractivity contribution in [2.45, 2.75) is 0 Å². The zero-order chi connectivity index (χ0) is 10.6. The van der Waals surface area contributed by atoms with Gasteiger partial charge >= 0.3 is 6.03 Å². The van der Waals surface area contributed by atoms with E-state index in [-0.39, 0.29) is 6.03 Å². The van der Waals surface area contributed by atoms with Gasteiger partial charge in [-0.1, -0.05) is 0 Å². The molecular formula is C7H12N6O. The molecule has 2 amide bonds. The zero-order valence-electron chi connectivity index (χ0n) is 8.27. The Labute approximate surface area is 81.5 Å². The van der Waals surface area contributed by atoms with E-state index < -0.39 is 0 Å². The van der Waals surface area contributed by atoms with Crippen LogP contribution in [0.15, 0.2) is 6.33 Å². The lowest BCUT2D eigenvalue weighted by Crippen LogP contribution is -2.36. The zero-order valence-corrected chi connectivity index (χ0v) is 8.27. The number of nitrogens with zero attached hydrogens (tertiary/aromatic N) is 4. The van der Waals surface area contributed by atoms with Crippen molar-refractivity contribution in [2.75, 3.05) is 31.4 Å². The highest BCUT2D eigenvalue weighted by molar-refractivity contribution is 5.92. The average molecular weight is 196 g/mol. The van der Waals surface area contributed by atoms with Gasteiger partial charge in [0.05, 0.1) is 0 Å². The Kier molecular flexibility index (Phi) is 3.16. The number of amides is 2. The number of carbonyl (C=O) groups is 1. The van der Waals surface area contributed by atoms with Gasteiger partial charge in [0.15, 0.2) is 11.6 Å². The second kappa shape index (κ2) is 4.35. The summed E-state index contributed by atoms with van der Waals surface area (Å²) in [4.78, 5) is 16.6. The topological polar surface area (TPSA) is 83.0 Å². The first kappa shape index (κ1) is 10.2. The van der Waals surface area contributed by atoms with E-state index in [4.69, 9.17) is 0 Å². The van der Waals surface area contributed by atoms with Crippen LogP contribution in [-0.2, 0) is 0 Å². The molecule has 0 aliphatic carbocycles. The lowest BCUT2D eigenvalue weighted by atomic mass is 10.5. The monoisotopic (exact) mass is 196 g/mol. The van der Waals surface area contributed by atoms with E-state index in [0.29, 0.717) is 11.6 Å². The van der Waals surface area contributed by atoms with E-state index in [1.165, 1.54) is 11.2 Å². The van der Waals surface area contributed by atoms with E-state index in [9.17, 15) is 4.79 Å². The van der Waals surface area contributed by atoms with Crippen molar-refractivity contribution in [1.82, 2.24) is 20.5 Å². The third-order valence-corrected chi connectivity index (χ3v) is 1.67. The molecule has 1 rings (SSSR count). The Morgan fingerprint density at radius 2 is 2.21 bits per heavy atom. The highest BCUT2D eigenvalue weighted by atomic mass is 16.2. The number of urea groups is 1. The molecular weight excluding hydrogens is 184 g/mol. The van der Waals surface area contributed by atoms with Crippen LogP contribution in [0.3, 0.4) is 0 Å². The standard InChI is InChI=1S/C7H12N6O/c1-8-5-6(10-4-11-12-5)13(3)7(14)9-2/h4H,1-3H3,(H,8,12)(H,9,14). The smallest absolute Gasteiger partial charge is 0.322 e. The largest absolute Gasteiger partial charge is 0.369 e. The fourth-order valence-corrected chi connectivity index (χ4v) is 0.941. The number of anilines is 2.